The van der Waals surface area contributed by atoms with Gasteiger partial charge in [-0.05, 0) is 31.2 Å². The van der Waals surface area contributed by atoms with E-state index < -0.39 is 28.9 Å². The maximum Gasteiger partial charge on any atom is 0.267 e. The monoisotopic (exact) mass is 335 g/mol. The number of halogens is 3. The summed E-state index contributed by atoms with van der Waals surface area (Å²) in [6.07, 6.45) is 0. The van der Waals surface area contributed by atoms with E-state index in [9.17, 15) is 13.6 Å². The van der Waals surface area contributed by atoms with Crippen LogP contribution in [-0.4, -0.2) is 9.55 Å². The molecule has 23 heavy (non-hydrogen) atoms. The summed E-state index contributed by atoms with van der Waals surface area (Å²) in [6.45, 7) is 1.58. The van der Waals surface area contributed by atoms with E-state index in [4.69, 9.17) is 17.3 Å². The van der Waals surface area contributed by atoms with Crippen molar-refractivity contribution in [3.8, 4) is 5.69 Å². The zero-order valence-corrected chi connectivity index (χ0v) is 12.8. The van der Waals surface area contributed by atoms with E-state index in [-0.39, 0.29) is 16.2 Å². The molecule has 2 N–H and O–H groups in total. The van der Waals surface area contributed by atoms with E-state index in [0.717, 1.165) is 16.7 Å². The largest absolute Gasteiger partial charge is 0.322 e. The summed E-state index contributed by atoms with van der Waals surface area (Å²) in [4.78, 5) is 17.1. The van der Waals surface area contributed by atoms with Crippen molar-refractivity contribution in [1.82, 2.24) is 9.55 Å². The molecule has 3 aromatic rings. The van der Waals surface area contributed by atoms with Crippen LogP contribution in [0.25, 0.3) is 16.6 Å². The van der Waals surface area contributed by atoms with Crippen molar-refractivity contribution >= 4 is 22.5 Å². The zero-order valence-electron chi connectivity index (χ0n) is 12.1. The Morgan fingerprint density at radius 1 is 1.17 bits per heavy atom. The molecule has 1 aromatic heterocycles. The summed E-state index contributed by atoms with van der Waals surface area (Å²) in [5, 5.41) is 0.239. The molecule has 7 heteroatoms. The van der Waals surface area contributed by atoms with Gasteiger partial charge in [0.1, 0.15) is 23.1 Å². The lowest BCUT2D eigenvalue weighted by molar-refractivity contribution is 0.555. The fourth-order valence-electron chi connectivity index (χ4n) is 2.43. The average Bonchev–Trinajstić information content (AvgIpc) is 2.48. The Bertz CT molecular complexity index is 949. The van der Waals surface area contributed by atoms with Gasteiger partial charge in [0, 0.05) is 0 Å². The van der Waals surface area contributed by atoms with Crippen LogP contribution in [0.4, 0.5) is 8.78 Å². The molecule has 0 saturated carbocycles. The lowest BCUT2D eigenvalue weighted by Gasteiger charge is -2.17. The van der Waals surface area contributed by atoms with Gasteiger partial charge in [-0.25, -0.2) is 13.8 Å². The number of fused-ring (bicyclic) bond motifs is 1. The quantitative estimate of drug-likeness (QED) is 0.781. The van der Waals surface area contributed by atoms with Gasteiger partial charge in [-0.1, -0.05) is 23.7 Å². The SMILES string of the molecule is C[C@H](N)c1nc2cccc(Cl)c2c(=O)n1-c1c(F)cccc1F. The number of benzene rings is 2. The van der Waals surface area contributed by atoms with Gasteiger partial charge >= 0.3 is 0 Å². The van der Waals surface area contributed by atoms with E-state index in [1.165, 1.54) is 12.1 Å². The Balaban J connectivity index is 2.54. The number of hydrogen-bond acceptors (Lipinski definition) is 3. The Labute approximate surface area is 135 Å². The van der Waals surface area contributed by atoms with E-state index in [0.29, 0.717) is 5.52 Å². The van der Waals surface area contributed by atoms with Crippen molar-refractivity contribution in [3.63, 3.8) is 0 Å². The number of aromatic nitrogens is 2. The second kappa shape index (κ2) is 5.72. The van der Waals surface area contributed by atoms with Gasteiger partial charge in [0.15, 0.2) is 0 Å². The highest BCUT2D eigenvalue weighted by atomic mass is 35.5. The molecule has 0 aliphatic carbocycles. The second-order valence-corrected chi connectivity index (χ2v) is 5.51. The van der Waals surface area contributed by atoms with E-state index in [1.54, 1.807) is 19.1 Å². The number of nitrogens with zero attached hydrogens (tertiary/aromatic N) is 2. The highest BCUT2D eigenvalue weighted by molar-refractivity contribution is 6.35. The predicted molar refractivity (Wildman–Crippen MR) is 84.9 cm³/mol. The van der Waals surface area contributed by atoms with Gasteiger partial charge in [-0.2, -0.15) is 0 Å². The number of rotatable bonds is 2. The molecular weight excluding hydrogens is 324 g/mol. The summed E-state index contributed by atoms with van der Waals surface area (Å²) >= 11 is 6.06. The van der Waals surface area contributed by atoms with Crippen LogP contribution < -0.4 is 11.3 Å². The van der Waals surface area contributed by atoms with Crippen molar-refractivity contribution in [3.05, 3.63) is 69.2 Å². The smallest absolute Gasteiger partial charge is 0.267 e. The van der Waals surface area contributed by atoms with Crippen molar-refractivity contribution in [2.75, 3.05) is 0 Å². The maximum absolute atomic E-state index is 14.2. The molecule has 1 atom stereocenters. The first-order valence-electron chi connectivity index (χ1n) is 6.83. The summed E-state index contributed by atoms with van der Waals surface area (Å²) in [5.74, 6) is -1.72. The van der Waals surface area contributed by atoms with Crippen LogP contribution in [0.15, 0.2) is 41.2 Å². The number of para-hydroxylation sites is 1. The normalized spacial score (nSPS) is 12.6. The first kappa shape index (κ1) is 15.6. The third-order valence-corrected chi connectivity index (χ3v) is 3.76. The molecule has 3 rings (SSSR count). The zero-order chi connectivity index (χ0) is 16.7. The molecule has 118 valence electrons. The second-order valence-electron chi connectivity index (χ2n) is 5.10. The lowest BCUT2D eigenvalue weighted by atomic mass is 10.2. The highest BCUT2D eigenvalue weighted by Crippen LogP contribution is 2.24. The molecule has 0 aliphatic heterocycles. The van der Waals surface area contributed by atoms with Crippen molar-refractivity contribution in [2.24, 2.45) is 5.73 Å². The Morgan fingerprint density at radius 3 is 2.39 bits per heavy atom. The summed E-state index contributed by atoms with van der Waals surface area (Å²) < 4.78 is 29.2. The third-order valence-electron chi connectivity index (χ3n) is 3.44. The predicted octanol–water partition coefficient (Wildman–Crippen LogP) is 3.34. The van der Waals surface area contributed by atoms with Gasteiger partial charge < -0.3 is 5.73 Å². The number of hydrogen-bond donors (Lipinski definition) is 1. The summed E-state index contributed by atoms with van der Waals surface area (Å²) in [7, 11) is 0. The van der Waals surface area contributed by atoms with Gasteiger partial charge in [-0.15, -0.1) is 0 Å². The summed E-state index contributed by atoms with van der Waals surface area (Å²) in [5.41, 5.74) is 4.99. The first-order chi connectivity index (χ1) is 10.9. The van der Waals surface area contributed by atoms with Crippen molar-refractivity contribution in [1.29, 1.82) is 0 Å². The van der Waals surface area contributed by atoms with Gasteiger partial charge in [0.25, 0.3) is 5.56 Å². The molecule has 0 amide bonds. The Morgan fingerprint density at radius 2 is 1.78 bits per heavy atom. The minimum absolute atomic E-state index is 0.0498. The van der Waals surface area contributed by atoms with Gasteiger partial charge in [0.05, 0.1) is 22.0 Å². The van der Waals surface area contributed by atoms with E-state index in [2.05, 4.69) is 4.98 Å². The van der Waals surface area contributed by atoms with Crippen LogP contribution in [0.3, 0.4) is 0 Å². The Hall–Kier alpha value is -2.31. The molecule has 0 unspecified atom stereocenters. The Kier molecular flexibility index (Phi) is 3.87. The lowest BCUT2D eigenvalue weighted by Crippen LogP contribution is -2.29. The van der Waals surface area contributed by atoms with Gasteiger partial charge in [-0.3, -0.25) is 9.36 Å². The van der Waals surface area contributed by atoms with Crippen LogP contribution in [0.5, 0.6) is 0 Å². The minimum Gasteiger partial charge on any atom is -0.322 e. The molecule has 4 nitrogen and oxygen atoms in total. The standard InChI is InChI=1S/C16H12ClF2N3O/c1-8(20)15-21-12-7-2-4-9(17)13(12)16(23)22(15)14-10(18)5-3-6-11(14)19/h2-8H,20H2,1H3/t8-/m0/s1. The highest BCUT2D eigenvalue weighted by Gasteiger charge is 2.21. The number of nitrogens with two attached hydrogens (primary N) is 1. The molecule has 0 radical (unpaired) electrons. The van der Waals surface area contributed by atoms with Crippen LogP contribution in [0.1, 0.15) is 18.8 Å². The molecule has 1 heterocycles. The third kappa shape index (κ3) is 2.50. The maximum atomic E-state index is 14.2. The first-order valence-corrected chi connectivity index (χ1v) is 7.20. The van der Waals surface area contributed by atoms with Crippen molar-refractivity contribution in [2.45, 2.75) is 13.0 Å². The fraction of sp³-hybridized carbons (Fsp3) is 0.125. The fourth-order valence-corrected chi connectivity index (χ4v) is 2.68. The topological polar surface area (TPSA) is 60.9 Å². The van der Waals surface area contributed by atoms with E-state index >= 15 is 0 Å². The molecule has 0 spiro atoms. The van der Waals surface area contributed by atoms with Crippen LogP contribution in [0, 0.1) is 11.6 Å². The van der Waals surface area contributed by atoms with Gasteiger partial charge in [0.2, 0.25) is 0 Å². The van der Waals surface area contributed by atoms with Crippen LogP contribution >= 0.6 is 11.6 Å². The molecule has 0 saturated heterocycles. The average molecular weight is 336 g/mol. The summed E-state index contributed by atoms with van der Waals surface area (Å²) in [6, 6.07) is 7.36. The van der Waals surface area contributed by atoms with Crippen LogP contribution in [-0.2, 0) is 0 Å². The molecule has 0 bridgehead atoms. The van der Waals surface area contributed by atoms with E-state index in [1.807, 2.05) is 0 Å². The molecule has 2 aromatic carbocycles. The van der Waals surface area contributed by atoms with Crippen molar-refractivity contribution < 1.29 is 8.78 Å². The minimum atomic E-state index is -0.887. The van der Waals surface area contributed by atoms with Crippen LogP contribution in [0.2, 0.25) is 5.02 Å². The molecule has 0 aliphatic rings. The molecule has 0 fully saturated rings. The molecular formula is C16H12ClF2N3O.